The number of nitrogens with two attached hydrogens (primary N) is 1. The van der Waals surface area contributed by atoms with E-state index in [2.05, 4.69) is 15.3 Å². The molecule has 1 aromatic carbocycles. The molecule has 2 atom stereocenters. The van der Waals surface area contributed by atoms with Gasteiger partial charge in [-0.05, 0) is 30.7 Å². The van der Waals surface area contributed by atoms with Gasteiger partial charge in [0.05, 0.1) is 13.2 Å². The van der Waals surface area contributed by atoms with Crippen LogP contribution in [0.3, 0.4) is 0 Å². The summed E-state index contributed by atoms with van der Waals surface area (Å²) in [4.78, 5) is 30.1. The normalized spacial score (nSPS) is 21.3. The number of ether oxygens (including phenoxy) is 2. The standard InChI is InChI=1S/C22H25FN6O4/c1-25-18-13-28(22(31)33-16-7-10-32-11-8-16)9-6-19(18)29-12-17(20(24)30)21(27-29)26-15-4-2-14(23)3-5-15/h1-5,12,16,18-19H,6-11,13H2,(H2-,24,26,27,30)/p+1. The predicted molar refractivity (Wildman–Crippen MR) is 118 cm³/mol. The van der Waals surface area contributed by atoms with Gasteiger partial charge in [0, 0.05) is 31.3 Å². The second kappa shape index (κ2) is 9.87. The number of benzene rings is 1. The molecule has 0 spiro atoms. The maximum atomic E-state index is 13.2. The van der Waals surface area contributed by atoms with Gasteiger partial charge < -0.3 is 25.4 Å². The Morgan fingerprint density at radius 1 is 1.24 bits per heavy atom. The van der Waals surface area contributed by atoms with Gasteiger partial charge in [0.2, 0.25) is 0 Å². The molecular formula is C22H26FN6O4+. The number of hydrogen-bond donors (Lipinski definition) is 2. The number of aromatic nitrogens is 2. The molecule has 2 amide bonds. The lowest BCUT2D eigenvalue weighted by molar-refractivity contribution is -0.0132. The molecule has 11 heteroatoms. The average Bonchev–Trinajstić information content (AvgIpc) is 3.24. The fourth-order valence-electron chi connectivity index (χ4n) is 4.06. The van der Waals surface area contributed by atoms with Crippen molar-refractivity contribution in [3.63, 3.8) is 0 Å². The Labute approximate surface area is 190 Å². The first-order valence-corrected chi connectivity index (χ1v) is 10.8. The van der Waals surface area contributed by atoms with Crippen molar-refractivity contribution in [2.24, 2.45) is 5.73 Å². The number of primary amides is 1. The quantitative estimate of drug-likeness (QED) is 0.713. The predicted octanol–water partition coefficient (Wildman–Crippen LogP) is 2.76. The van der Waals surface area contributed by atoms with Crippen LogP contribution in [0.5, 0.6) is 0 Å². The third kappa shape index (κ3) is 5.23. The number of carbonyl (C=O) groups is 2. The number of amides is 2. The number of hydrogen-bond acceptors (Lipinski definition) is 6. The number of piperidine rings is 1. The molecule has 2 unspecified atom stereocenters. The van der Waals surface area contributed by atoms with Gasteiger partial charge in [-0.25, -0.2) is 9.18 Å². The Kier molecular flexibility index (Phi) is 6.74. The summed E-state index contributed by atoms with van der Waals surface area (Å²) < 4.78 is 25.7. The Morgan fingerprint density at radius 2 is 1.97 bits per heavy atom. The molecule has 2 aliphatic rings. The van der Waals surface area contributed by atoms with E-state index in [-0.39, 0.29) is 35.9 Å². The smallest absolute Gasteiger partial charge is 0.410 e. The van der Waals surface area contributed by atoms with Crippen LogP contribution in [0.4, 0.5) is 20.7 Å². The molecule has 33 heavy (non-hydrogen) atoms. The van der Waals surface area contributed by atoms with Crippen molar-refractivity contribution in [3.05, 3.63) is 46.7 Å². The van der Waals surface area contributed by atoms with Crippen LogP contribution >= 0.6 is 0 Å². The first-order chi connectivity index (χ1) is 15.9. The third-order valence-corrected chi connectivity index (χ3v) is 5.88. The van der Waals surface area contributed by atoms with Gasteiger partial charge in [-0.15, -0.1) is 0 Å². The molecular weight excluding hydrogens is 431 g/mol. The lowest BCUT2D eigenvalue weighted by atomic mass is 10.0. The second-order valence-corrected chi connectivity index (χ2v) is 8.08. The largest absolute Gasteiger partial charge is 0.446 e. The Morgan fingerprint density at radius 3 is 2.64 bits per heavy atom. The molecule has 0 bridgehead atoms. The van der Waals surface area contributed by atoms with Gasteiger partial charge in [0.1, 0.15) is 30.1 Å². The summed E-state index contributed by atoms with van der Waals surface area (Å²) in [5.41, 5.74) is 6.26. The van der Waals surface area contributed by atoms with Gasteiger partial charge in [-0.3, -0.25) is 9.48 Å². The summed E-state index contributed by atoms with van der Waals surface area (Å²) in [6, 6.07) is 4.90. The fourth-order valence-corrected chi connectivity index (χ4v) is 4.06. The Balaban J connectivity index is 1.47. The second-order valence-electron chi connectivity index (χ2n) is 8.08. The number of nitrogens with one attached hydrogen (secondary N) is 1. The highest BCUT2D eigenvalue weighted by atomic mass is 19.1. The van der Waals surface area contributed by atoms with E-state index >= 15 is 0 Å². The van der Waals surface area contributed by atoms with Gasteiger partial charge in [0.15, 0.2) is 5.82 Å². The van der Waals surface area contributed by atoms with E-state index in [1.54, 1.807) is 9.58 Å². The maximum absolute atomic E-state index is 13.2. The number of carbonyl (C=O) groups excluding carboxylic acids is 2. The van der Waals surface area contributed by atoms with Gasteiger partial charge in [-0.1, -0.05) is 4.85 Å². The summed E-state index contributed by atoms with van der Waals surface area (Å²) in [6.07, 6.45) is 2.85. The zero-order valence-corrected chi connectivity index (χ0v) is 18.0. The average molecular weight is 457 g/mol. The topological polar surface area (TPSA) is 116 Å². The van der Waals surface area contributed by atoms with Crippen molar-refractivity contribution in [2.75, 3.05) is 31.6 Å². The summed E-state index contributed by atoms with van der Waals surface area (Å²) in [5, 5.41) is 7.47. The molecule has 2 fully saturated rings. The number of halogens is 1. The minimum atomic E-state index is -0.662. The first-order valence-electron chi connectivity index (χ1n) is 10.8. The van der Waals surface area contributed by atoms with Crippen molar-refractivity contribution in [3.8, 4) is 6.57 Å². The van der Waals surface area contributed by atoms with Crippen LogP contribution in [-0.4, -0.2) is 65.1 Å². The van der Waals surface area contributed by atoms with Crippen LogP contribution in [0, 0.1) is 12.4 Å². The molecule has 2 aromatic rings. The summed E-state index contributed by atoms with van der Waals surface area (Å²) in [7, 11) is 0. The zero-order chi connectivity index (χ0) is 23.4. The maximum Gasteiger partial charge on any atom is 0.410 e. The lowest BCUT2D eigenvalue weighted by Gasteiger charge is -2.32. The first kappa shape index (κ1) is 22.5. The molecule has 174 valence electrons. The number of nitrogens with zero attached hydrogens (tertiary/aromatic N) is 4. The van der Waals surface area contributed by atoms with Crippen molar-refractivity contribution in [1.29, 1.82) is 0 Å². The van der Waals surface area contributed by atoms with Gasteiger partial charge >= 0.3 is 12.1 Å². The molecule has 3 heterocycles. The van der Waals surface area contributed by atoms with E-state index in [4.69, 9.17) is 21.8 Å². The van der Waals surface area contributed by atoms with E-state index in [0.717, 1.165) is 0 Å². The minimum absolute atomic E-state index is 0.151. The highest BCUT2D eigenvalue weighted by molar-refractivity contribution is 5.98. The highest BCUT2D eigenvalue weighted by Crippen LogP contribution is 2.29. The molecule has 0 aliphatic carbocycles. The molecule has 3 N–H and O–H groups in total. The summed E-state index contributed by atoms with van der Waals surface area (Å²) in [6.45, 7) is 7.51. The van der Waals surface area contributed by atoms with E-state index in [1.807, 2.05) is 0 Å². The monoisotopic (exact) mass is 457 g/mol. The van der Waals surface area contributed by atoms with Crippen molar-refractivity contribution in [1.82, 2.24) is 14.7 Å². The summed E-state index contributed by atoms with van der Waals surface area (Å²) >= 11 is 0. The van der Waals surface area contributed by atoms with Crippen LogP contribution in [0.25, 0.3) is 4.85 Å². The van der Waals surface area contributed by atoms with Crippen LogP contribution in [0.1, 0.15) is 35.7 Å². The minimum Gasteiger partial charge on any atom is -0.446 e. The number of anilines is 2. The molecule has 0 saturated carbocycles. The SMILES string of the molecule is C#[N+]C1CN(C(=O)OC2CCOCC2)CCC1n1cc(C(N)=O)c(Nc2ccc(F)cc2)n1. The molecule has 1 aromatic heterocycles. The third-order valence-electron chi connectivity index (χ3n) is 5.88. The molecule has 10 nitrogen and oxygen atoms in total. The number of likely N-dealkylation sites (tertiary alicyclic amines) is 1. The van der Waals surface area contributed by atoms with E-state index in [0.29, 0.717) is 44.7 Å². The fraction of sp³-hybridized carbons (Fsp3) is 0.455. The van der Waals surface area contributed by atoms with Crippen LogP contribution in [-0.2, 0) is 9.47 Å². The van der Waals surface area contributed by atoms with Gasteiger partial charge in [0.25, 0.3) is 12.5 Å². The number of rotatable bonds is 5. The highest BCUT2D eigenvalue weighted by Gasteiger charge is 2.41. The molecule has 0 radical (unpaired) electrons. The van der Waals surface area contributed by atoms with Crippen LogP contribution in [0.2, 0.25) is 0 Å². The molecule has 2 aliphatic heterocycles. The van der Waals surface area contributed by atoms with Crippen molar-refractivity contribution in [2.45, 2.75) is 37.5 Å². The zero-order valence-electron chi connectivity index (χ0n) is 18.0. The summed E-state index contributed by atoms with van der Waals surface area (Å²) in [5.74, 6) is -0.800. The van der Waals surface area contributed by atoms with Crippen LogP contribution in [0.15, 0.2) is 30.5 Å². The molecule has 2 saturated heterocycles. The van der Waals surface area contributed by atoms with Crippen LogP contribution < -0.4 is 11.1 Å². The lowest BCUT2D eigenvalue weighted by Crippen LogP contribution is -2.47. The molecule has 4 rings (SSSR count). The van der Waals surface area contributed by atoms with E-state index in [1.165, 1.54) is 30.5 Å². The van der Waals surface area contributed by atoms with Gasteiger partial charge in [-0.2, -0.15) is 5.10 Å². The van der Waals surface area contributed by atoms with Crippen molar-refractivity contribution < 1.29 is 23.5 Å². The Bertz CT molecular complexity index is 1040. The van der Waals surface area contributed by atoms with E-state index < -0.39 is 18.0 Å². The van der Waals surface area contributed by atoms with Crippen molar-refractivity contribution >= 4 is 23.5 Å². The Hall–Kier alpha value is -3.65. The van der Waals surface area contributed by atoms with E-state index in [9.17, 15) is 14.0 Å².